The molecule has 0 aliphatic heterocycles. The first kappa shape index (κ1) is 12.2. The van der Waals surface area contributed by atoms with Gasteiger partial charge in [-0.15, -0.1) is 0 Å². The minimum absolute atomic E-state index is 0.139. The standard InChI is InChI=1S/C15H13N3O2/c16-11-4-1-9(2-5-11)7-14-17-12-6-3-10(15(19)20)8-13(12)18-14/h1-6,8H,7,16H2,(H,17,18)(H,19,20)/p-1. The van der Waals surface area contributed by atoms with E-state index in [1.54, 1.807) is 6.07 Å². The van der Waals surface area contributed by atoms with Crippen molar-refractivity contribution in [2.45, 2.75) is 6.42 Å². The van der Waals surface area contributed by atoms with Gasteiger partial charge in [0.15, 0.2) is 0 Å². The Morgan fingerprint density at radius 2 is 1.95 bits per heavy atom. The van der Waals surface area contributed by atoms with Gasteiger partial charge in [0.25, 0.3) is 0 Å². The molecule has 0 saturated heterocycles. The minimum atomic E-state index is -1.19. The van der Waals surface area contributed by atoms with E-state index in [2.05, 4.69) is 9.97 Å². The number of aromatic carboxylic acids is 1. The summed E-state index contributed by atoms with van der Waals surface area (Å²) in [6.07, 6.45) is 0.635. The number of carbonyl (C=O) groups is 1. The van der Waals surface area contributed by atoms with Gasteiger partial charge in [0.2, 0.25) is 0 Å². The fourth-order valence-electron chi connectivity index (χ4n) is 2.10. The van der Waals surface area contributed by atoms with E-state index in [4.69, 9.17) is 5.73 Å². The number of carboxylic acids is 1. The van der Waals surface area contributed by atoms with Crippen molar-refractivity contribution in [2.75, 3.05) is 5.73 Å². The normalized spacial score (nSPS) is 10.8. The van der Waals surface area contributed by atoms with Crippen LogP contribution in [0.1, 0.15) is 21.7 Å². The van der Waals surface area contributed by atoms with E-state index in [0.29, 0.717) is 11.9 Å². The van der Waals surface area contributed by atoms with Gasteiger partial charge >= 0.3 is 0 Å². The lowest BCUT2D eigenvalue weighted by atomic mass is 10.1. The lowest BCUT2D eigenvalue weighted by Gasteiger charge is -2.00. The molecule has 0 aliphatic carbocycles. The highest BCUT2D eigenvalue weighted by Gasteiger charge is 2.05. The van der Waals surface area contributed by atoms with E-state index in [9.17, 15) is 9.90 Å². The maximum atomic E-state index is 10.8. The third-order valence-corrected chi connectivity index (χ3v) is 3.12. The van der Waals surface area contributed by atoms with Crippen LogP contribution < -0.4 is 10.8 Å². The summed E-state index contributed by atoms with van der Waals surface area (Å²) >= 11 is 0. The van der Waals surface area contributed by atoms with Crippen molar-refractivity contribution in [3.8, 4) is 0 Å². The van der Waals surface area contributed by atoms with Crippen LogP contribution in [0.2, 0.25) is 0 Å². The highest BCUT2D eigenvalue weighted by Crippen LogP contribution is 2.16. The first-order chi connectivity index (χ1) is 9.61. The van der Waals surface area contributed by atoms with Crippen LogP contribution in [0.5, 0.6) is 0 Å². The number of imidazole rings is 1. The number of nitrogen functional groups attached to an aromatic ring is 1. The fraction of sp³-hybridized carbons (Fsp3) is 0.0667. The molecule has 5 heteroatoms. The summed E-state index contributed by atoms with van der Waals surface area (Å²) in [5.41, 5.74) is 9.01. The maximum Gasteiger partial charge on any atom is 0.111 e. The Balaban J connectivity index is 1.92. The molecule has 0 fully saturated rings. The molecular weight excluding hydrogens is 254 g/mol. The Hall–Kier alpha value is -2.82. The second-order valence-corrected chi connectivity index (χ2v) is 4.62. The van der Waals surface area contributed by atoms with Gasteiger partial charge < -0.3 is 20.6 Å². The van der Waals surface area contributed by atoms with Crippen LogP contribution in [0.15, 0.2) is 42.5 Å². The zero-order valence-corrected chi connectivity index (χ0v) is 10.6. The Bertz CT molecular complexity index is 775. The smallest absolute Gasteiger partial charge is 0.111 e. The van der Waals surface area contributed by atoms with Gasteiger partial charge in [-0.05, 0) is 35.4 Å². The molecule has 0 spiro atoms. The molecule has 20 heavy (non-hydrogen) atoms. The van der Waals surface area contributed by atoms with Gasteiger partial charge in [-0.1, -0.05) is 18.2 Å². The van der Waals surface area contributed by atoms with Crippen LogP contribution >= 0.6 is 0 Å². The molecule has 1 heterocycles. The summed E-state index contributed by atoms with van der Waals surface area (Å²) < 4.78 is 0. The van der Waals surface area contributed by atoms with Crippen molar-refractivity contribution >= 4 is 22.7 Å². The van der Waals surface area contributed by atoms with E-state index in [1.165, 1.54) is 12.1 Å². The highest BCUT2D eigenvalue weighted by atomic mass is 16.4. The number of anilines is 1. The predicted octanol–water partition coefficient (Wildman–Crippen LogP) is 1.10. The van der Waals surface area contributed by atoms with Crippen molar-refractivity contribution in [1.29, 1.82) is 0 Å². The lowest BCUT2D eigenvalue weighted by Crippen LogP contribution is -2.21. The number of benzene rings is 2. The number of nitrogens with one attached hydrogen (secondary N) is 1. The first-order valence-electron chi connectivity index (χ1n) is 6.16. The van der Waals surface area contributed by atoms with Crippen LogP contribution in [0.4, 0.5) is 5.69 Å². The number of fused-ring (bicyclic) bond motifs is 1. The molecule has 3 N–H and O–H groups in total. The van der Waals surface area contributed by atoms with Gasteiger partial charge in [-0.3, -0.25) is 0 Å². The average molecular weight is 266 g/mol. The van der Waals surface area contributed by atoms with E-state index in [0.717, 1.165) is 22.6 Å². The van der Waals surface area contributed by atoms with Crippen molar-refractivity contribution in [1.82, 2.24) is 9.97 Å². The van der Waals surface area contributed by atoms with E-state index in [1.807, 2.05) is 24.3 Å². The Morgan fingerprint density at radius 1 is 1.20 bits per heavy atom. The molecule has 0 unspecified atom stereocenters. The van der Waals surface area contributed by atoms with Gasteiger partial charge in [0.1, 0.15) is 5.82 Å². The number of aromatic nitrogens is 2. The number of nitrogens with zero attached hydrogens (tertiary/aromatic N) is 1. The topological polar surface area (TPSA) is 94.8 Å². The molecule has 0 amide bonds. The molecule has 1 aromatic heterocycles. The van der Waals surface area contributed by atoms with Crippen LogP contribution in [-0.2, 0) is 6.42 Å². The van der Waals surface area contributed by atoms with Crippen LogP contribution in [0, 0.1) is 0 Å². The van der Waals surface area contributed by atoms with Crippen molar-refractivity contribution in [2.24, 2.45) is 0 Å². The number of carboxylic acid groups (broad SMARTS) is 1. The number of aromatic amines is 1. The van der Waals surface area contributed by atoms with Crippen LogP contribution in [0.25, 0.3) is 11.0 Å². The average Bonchev–Trinajstić information content (AvgIpc) is 2.82. The van der Waals surface area contributed by atoms with Crippen molar-refractivity contribution in [3.63, 3.8) is 0 Å². The minimum Gasteiger partial charge on any atom is -0.545 e. The number of H-pyrrole nitrogens is 1. The number of hydrogen-bond acceptors (Lipinski definition) is 4. The summed E-state index contributed by atoms with van der Waals surface area (Å²) in [6, 6.07) is 12.3. The Labute approximate surface area is 115 Å². The number of nitrogens with two attached hydrogens (primary N) is 1. The van der Waals surface area contributed by atoms with Gasteiger partial charge in [-0.25, -0.2) is 4.98 Å². The van der Waals surface area contributed by atoms with E-state index >= 15 is 0 Å². The summed E-state index contributed by atoms with van der Waals surface area (Å²) in [6.45, 7) is 0. The zero-order chi connectivity index (χ0) is 14.1. The SMILES string of the molecule is Nc1ccc(Cc2nc3ccc(C(=O)[O-])cc3[nH]2)cc1. The number of rotatable bonds is 3. The molecule has 0 saturated carbocycles. The van der Waals surface area contributed by atoms with Gasteiger partial charge in [0.05, 0.1) is 17.0 Å². The monoisotopic (exact) mass is 266 g/mol. The summed E-state index contributed by atoms with van der Waals surface area (Å²) in [4.78, 5) is 18.4. The van der Waals surface area contributed by atoms with E-state index in [-0.39, 0.29) is 5.56 Å². The molecule has 0 radical (unpaired) electrons. The lowest BCUT2D eigenvalue weighted by molar-refractivity contribution is -0.255. The first-order valence-corrected chi connectivity index (χ1v) is 6.16. The van der Waals surface area contributed by atoms with Gasteiger partial charge in [-0.2, -0.15) is 0 Å². The molecule has 0 bridgehead atoms. The molecule has 3 aromatic rings. The maximum absolute atomic E-state index is 10.8. The third kappa shape index (κ3) is 2.33. The molecule has 2 aromatic carbocycles. The molecule has 5 nitrogen and oxygen atoms in total. The molecule has 0 aliphatic rings. The summed E-state index contributed by atoms with van der Waals surface area (Å²) in [5.74, 6) is -0.415. The third-order valence-electron chi connectivity index (χ3n) is 3.12. The zero-order valence-electron chi connectivity index (χ0n) is 10.6. The largest absolute Gasteiger partial charge is 0.545 e. The summed E-state index contributed by atoms with van der Waals surface area (Å²) in [5, 5.41) is 10.8. The predicted molar refractivity (Wildman–Crippen MR) is 74.1 cm³/mol. The van der Waals surface area contributed by atoms with Crippen LogP contribution in [-0.4, -0.2) is 15.9 Å². The molecular formula is C15H12N3O2-. The highest BCUT2D eigenvalue weighted by molar-refractivity contribution is 5.91. The second kappa shape index (κ2) is 4.70. The van der Waals surface area contributed by atoms with Crippen molar-refractivity contribution in [3.05, 3.63) is 59.4 Å². The molecule has 100 valence electrons. The Morgan fingerprint density at radius 3 is 2.65 bits per heavy atom. The quantitative estimate of drug-likeness (QED) is 0.694. The Kier molecular flexibility index (Phi) is 2.87. The van der Waals surface area contributed by atoms with Crippen molar-refractivity contribution < 1.29 is 9.90 Å². The second-order valence-electron chi connectivity index (χ2n) is 4.62. The fourth-order valence-corrected chi connectivity index (χ4v) is 2.10. The molecule has 3 rings (SSSR count). The summed E-state index contributed by atoms with van der Waals surface area (Å²) in [7, 11) is 0. The van der Waals surface area contributed by atoms with E-state index < -0.39 is 5.97 Å². The molecule has 0 atom stereocenters. The van der Waals surface area contributed by atoms with Crippen LogP contribution in [0.3, 0.4) is 0 Å². The number of carbonyl (C=O) groups excluding carboxylic acids is 1. The number of hydrogen-bond donors (Lipinski definition) is 2. The van der Waals surface area contributed by atoms with Gasteiger partial charge in [0, 0.05) is 12.1 Å².